The average molecular weight is 380 g/mol. The van der Waals surface area contributed by atoms with Gasteiger partial charge in [-0.15, -0.1) is 0 Å². The Labute approximate surface area is 159 Å². The van der Waals surface area contributed by atoms with E-state index in [1.165, 1.54) is 0 Å². The number of hydrogen-bond acceptors (Lipinski definition) is 4. The van der Waals surface area contributed by atoms with Crippen molar-refractivity contribution >= 4 is 29.1 Å². The maximum absolute atomic E-state index is 12.8. The summed E-state index contributed by atoms with van der Waals surface area (Å²) < 4.78 is 5.10. The van der Waals surface area contributed by atoms with Gasteiger partial charge in [0.05, 0.1) is 6.61 Å². The van der Waals surface area contributed by atoms with Crippen molar-refractivity contribution in [3.05, 3.63) is 28.8 Å². The molecule has 2 aliphatic rings. The minimum absolute atomic E-state index is 0.0328. The van der Waals surface area contributed by atoms with E-state index in [4.69, 9.17) is 16.3 Å². The third kappa shape index (κ3) is 4.03. The molecule has 2 saturated heterocycles. The minimum Gasteiger partial charge on any atom is -0.383 e. The van der Waals surface area contributed by atoms with Gasteiger partial charge in [0.25, 0.3) is 0 Å². The number of amides is 2. The monoisotopic (exact) mass is 379 g/mol. The van der Waals surface area contributed by atoms with Crippen molar-refractivity contribution in [2.75, 3.05) is 57.9 Å². The lowest BCUT2D eigenvalue weighted by atomic mass is 10.1. The summed E-state index contributed by atoms with van der Waals surface area (Å²) in [7, 11) is 1.69. The molecular formula is C19H26ClN3O3. The highest BCUT2D eigenvalue weighted by molar-refractivity contribution is 6.31. The van der Waals surface area contributed by atoms with Gasteiger partial charge in [-0.25, -0.2) is 0 Å². The van der Waals surface area contributed by atoms with E-state index in [1.54, 1.807) is 18.1 Å². The summed E-state index contributed by atoms with van der Waals surface area (Å²) in [6.45, 7) is 7.07. The number of nitrogens with zero attached hydrogens (tertiary/aromatic N) is 3. The first-order chi connectivity index (χ1) is 12.5. The molecule has 1 unspecified atom stereocenters. The number of anilines is 1. The highest BCUT2D eigenvalue weighted by Crippen LogP contribution is 2.29. The van der Waals surface area contributed by atoms with E-state index in [1.807, 2.05) is 24.0 Å². The van der Waals surface area contributed by atoms with Crippen LogP contribution in [0.4, 0.5) is 5.69 Å². The van der Waals surface area contributed by atoms with Crippen LogP contribution >= 0.6 is 11.6 Å². The fourth-order valence-electron chi connectivity index (χ4n) is 3.59. The molecule has 2 amide bonds. The second-order valence-corrected chi connectivity index (χ2v) is 7.33. The largest absolute Gasteiger partial charge is 0.383 e. The first-order valence-corrected chi connectivity index (χ1v) is 9.46. The van der Waals surface area contributed by atoms with Crippen molar-refractivity contribution in [2.45, 2.75) is 13.3 Å². The highest BCUT2D eigenvalue weighted by Gasteiger charge is 2.40. The van der Waals surface area contributed by atoms with Crippen molar-refractivity contribution < 1.29 is 14.3 Å². The van der Waals surface area contributed by atoms with E-state index in [2.05, 4.69) is 4.90 Å². The van der Waals surface area contributed by atoms with E-state index >= 15 is 0 Å². The quantitative estimate of drug-likeness (QED) is 0.732. The van der Waals surface area contributed by atoms with Crippen LogP contribution in [0.5, 0.6) is 0 Å². The molecule has 2 heterocycles. The Kier molecular flexibility index (Phi) is 6.16. The maximum Gasteiger partial charge on any atom is 0.239 e. The Morgan fingerprint density at radius 2 is 1.96 bits per heavy atom. The molecule has 3 rings (SSSR count). The number of carbonyl (C=O) groups excluding carboxylic acids is 2. The molecule has 0 bridgehead atoms. The van der Waals surface area contributed by atoms with Crippen LogP contribution in [0, 0.1) is 12.8 Å². The SMILES string of the molecule is COCCN1CCN(C(=O)C2CCN(c3ccc(Cl)c(C)c3)C2=O)CC1. The van der Waals surface area contributed by atoms with Crippen molar-refractivity contribution in [1.29, 1.82) is 0 Å². The Hall–Kier alpha value is -1.63. The molecule has 0 aliphatic carbocycles. The van der Waals surface area contributed by atoms with Gasteiger partial charge < -0.3 is 14.5 Å². The molecule has 2 fully saturated rings. The van der Waals surface area contributed by atoms with Crippen LogP contribution in [0.15, 0.2) is 18.2 Å². The molecule has 6 nitrogen and oxygen atoms in total. The van der Waals surface area contributed by atoms with Gasteiger partial charge in [0.1, 0.15) is 5.92 Å². The number of methoxy groups -OCH3 is 1. The summed E-state index contributed by atoms with van der Waals surface area (Å²) in [4.78, 5) is 31.5. The zero-order valence-electron chi connectivity index (χ0n) is 15.4. The molecule has 0 radical (unpaired) electrons. The summed E-state index contributed by atoms with van der Waals surface area (Å²) in [5, 5.41) is 0.680. The van der Waals surface area contributed by atoms with Gasteiger partial charge in [-0.2, -0.15) is 0 Å². The first-order valence-electron chi connectivity index (χ1n) is 9.09. The number of carbonyl (C=O) groups is 2. The van der Waals surface area contributed by atoms with E-state index in [0.29, 0.717) is 37.7 Å². The maximum atomic E-state index is 12.8. The summed E-state index contributed by atoms with van der Waals surface area (Å²) >= 11 is 6.07. The number of benzene rings is 1. The number of aryl methyl sites for hydroxylation is 1. The molecule has 2 aliphatic heterocycles. The van der Waals surface area contributed by atoms with Crippen molar-refractivity contribution in [1.82, 2.24) is 9.80 Å². The van der Waals surface area contributed by atoms with Gasteiger partial charge in [0.15, 0.2) is 0 Å². The van der Waals surface area contributed by atoms with Gasteiger partial charge in [-0.1, -0.05) is 11.6 Å². The number of rotatable bonds is 5. The molecule has 142 valence electrons. The third-order valence-electron chi connectivity index (χ3n) is 5.25. The highest BCUT2D eigenvalue weighted by atomic mass is 35.5. The predicted molar refractivity (Wildman–Crippen MR) is 102 cm³/mol. The Balaban J connectivity index is 1.59. The second-order valence-electron chi connectivity index (χ2n) is 6.92. The second kappa shape index (κ2) is 8.37. The lowest BCUT2D eigenvalue weighted by Crippen LogP contribution is -2.51. The van der Waals surface area contributed by atoms with E-state index < -0.39 is 5.92 Å². The topological polar surface area (TPSA) is 53.1 Å². The molecular weight excluding hydrogens is 354 g/mol. The van der Waals surface area contributed by atoms with E-state index in [0.717, 1.165) is 30.9 Å². The molecule has 0 spiro atoms. The van der Waals surface area contributed by atoms with Gasteiger partial charge in [0.2, 0.25) is 11.8 Å². The van der Waals surface area contributed by atoms with Crippen LogP contribution in [0.2, 0.25) is 5.02 Å². The van der Waals surface area contributed by atoms with Gasteiger partial charge in [-0.3, -0.25) is 14.5 Å². The Morgan fingerprint density at radius 1 is 1.23 bits per heavy atom. The van der Waals surface area contributed by atoms with Crippen LogP contribution in [0.3, 0.4) is 0 Å². The van der Waals surface area contributed by atoms with Crippen LogP contribution in [0.25, 0.3) is 0 Å². The molecule has 0 saturated carbocycles. The smallest absolute Gasteiger partial charge is 0.239 e. The molecule has 0 N–H and O–H groups in total. The van der Waals surface area contributed by atoms with Crippen molar-refractivity contribution in [3.8, 4) is 0 Å². The predicted octanol–water partition coefficient (Wildman–Crippen LogP) is 1.79. The molecule has 1 atom stereocenters. The Morgan fingerprint density at radius 3 is 2.62 bits per heavy atom. The minimum atomic E-state index is -0.559. The molecule has 1 aromatic carbocycles. The normalized spacial score (nSPS) is 21.5. The lowest BCUT2D eigenvalue weighted by Gasteiger charge is -2.35. The fraction of sp³-hybridized carbons (Fsp3) is 0.579. The lowest BCUT2D eigenvalue weighted by molar-refractivity contribution is -0.141. The van der Waals surface area contributed by atoms with Gasteiger partial charge in [-0.05, 0) is 37.1 Å². The van der Waals surface area contributed by atoms with E-state index in [-0.39, 0.29) is 11.8 Å². The Bertz CT molecular complexity index is 674. The summed E-state index contributed by atoms with van der Waals surface area (Å²) in [6, 6.07) is 5.55. The van der Waals surface area contributed by atoms with Crippen molar-refractivity contribution in [2.24, 2.45) is 5.92 Å². The van der Waals surface area contributed by atoms with Crippen molar-refractivity contribution in [3.63, 3.8) is 0 Å². The molecule has 7 heteroatoms. The summed E-state index contributed by atoms with van der Waals surface area (Å²) in [5.74, 6) is -0.690. The number of halogens is 1. The summed E-state index contributed by atoms with van der Waals surface area (Å²) in [6.07, 6.45) is 0.573. The van der Waals surface area contributed by atoms with Crippen LogP contribution < -0.4 is 4.90 Å². The number of hydrogen-bond donors (Lipinski definition) is 0. The number of piperazine rings is 1. The fourth-order valence-corrected chi connectivity index (χ4v) is 3.71. The zero-order valence-corrected chi connectivity index (χ0v) is 16.2. The average Bonchev–Trinajstić information content (AvgIpc) is 3.03. The van der Waals surface area contributed by atoms with Crippen LogP contribution in [0.1, 0.15) is 12.0 Å². The standard InChI is InChI=1S/C19H26ClN3O3/c1-14-13-15(3-4-17(14)20)23-6-5-16(19(23)25)18(24)22-9-7-21(8-10-22)11-12-26-2/h3-4,13,16H,5-12H2,1-2H3. The van der Waals surface area contributed by atoms with Gasteiger partial charge in [0, 0.05) is 57.1 Å². The van der Waals surface area contributed by atoms with Gasteiger partial charge >= 0.3 is 0 Å². The zero-order chi connectivity index (χ0) is 18.7. The first kappa shape index (κ1) is 19.1. The van der Waals surface area contributed by atoms with E-state index in [9.17, 15) is 9.59 Å². The number of ether oxygens (including phenoxy) is 1. The van der Waals surface area contributed by atoms with Crippen LogP contribution in [-0.2, 0) is 14.3 Å². The van der Waals surface area contributed by atoms with Crippen LogP contribution in [-0.4, -0.2) is 74.6 Å². The molecule has 26 heavy (non-hydrogen) atoms. The third-order valence-corrected chi connectivity index (χ3v) is 5.68. The molecule has 1 aromatic rings. The molecule has 0 aromatic heterocycles. The summed E-state index contributed by atoms with van der Waals surface area (Å²) in [5.41, 5.74) is 1.75.